The molecule has 0 fully saturated rings. The van der Waals surface area contributed by atoms with Crippen LogP contribution in [0.25, 0.3) is 0 Å². The summed E-state index contributed by atoms with van der Waals surface area (Å²) in [5.74, 6) is 0.440. The first-order chi connectivity index (χ1) is 9.04. The van der Waals surface area contributed by atoms with E-state index in [4.69, 9.17) is 16.3 Å². The highest BCUT2D eigenvalue weighted by molar-refractivity contribution is 9.11. The molecule has 0 atom stereocenters. The molecule has 0 aliphatic carbocycles. The number of ether oxygens (including phenoxy) is 1. The molecule has 3 nitrogen and oxygen atoms in total. The van der Waals surface area contributed by atoms with Crippen LogP contribution in [-0.4, -0.2) is 6.09 Å². The fourth-order valence-electron chi connectivity index (χ4n) is 1.33. The maximum absolute atomic E-state index is 11.7. The van der Waals surface area contributed by atoms with Gasteiger partial charge in [-0.15, -0.1) is 0 Å². The topological polar surface area (TPSA) is 38.3 Å². The molecule has 98 valence electrons. The average molecular weight is 405 g/mol. The van der Waals surface area contributed by atoms with E-state index >= 15 is 0 Å². The summed E-state index contributed by atoms with van der Waals surface area (Å²) in [7, 11) is 0. The molecule has 2 aromatic carbocycles. The number of carbonyl (C=O) groups excluding carboxylic acids is 1. The average Bonchev–Trinajstić information content (AvgIpc) is 2.36. The van der Waals surface area contributed by atoms with Gasteiger partial charge in [-0.1, -0.05) is 27.5 Å². The maximum Gasteiger partial charge on any atom is 0.417 e. The first-order valence-electron chi connectivity index (χ1n) is 5.24. The van der Waals surface area contributed by atoms with Crippen LogP contribution in [0.2, 0.25) is 5.02 Å². The zero-order valence-corrected chi connectivity index (χ0v) is 13.4. The second kappa shape index (κ2) is 6.41. The van der Waals surface area contributed by atoms with Crippen molar-refractivity contribution < 1.29 is 9.53 Å². The Bertz CT molecular complexity index is 602. The van der Waals surface area contributed by atoms with Gasteiger partial charge in [0, 0.05) is 15.2 Å². The third kappa shape index (κ3) is 4.23. The van der Waals surface area contributed by atoms with Gasteiger partial charge in [0.25, 0.3) is 0 Å². The van der Waals surface area contributed by atoms with Crippen LogP contribution in [0.4, 0.5) is 10.5 Å². The Labute approximate surface area is 132 Å². The van der Waals surface area contributed by atoms with Crippen LogP contribution in [0.15, 0.2) is 51.4 Å². The van der Waals surface area contributed by atoms with Crippen LogP contribution < -0.4 is 10.1 Å². The summed E-state index contributed by atoms with van der Waals surface area (Å²) in [4.78, 5) is 11.7. The number of nitrogens with one attached hydrogen (secondary N) is 1. The van der Waals surface area contributed by atoms with Gasteiger partial charge in [0.05, 0.1) is 4.47 Å². The fraction of sp³-hybridized carbons (Fsp3) is 0. The monoisotopic (exact) mass is 403 g/mol. The predicted octanol–water partition coefficient (Wildman–Crippen LogP) is 5.48. The summed E-state index contributed by atoms with van der Waals surface area (Å²) >= 11 is 12.4. The van der Waals surface area contributed by atoms with E-state index in [-0.39, 0.29) is 0 Å². The van der Waals surface area contributed by atoms with Crippen LogP contribution in [0.3, 0.4) is 0 Å². The lowest BCUT2D eigenvalue weighted by Crippen LogP contribution is -2.16. The lowest BCUT2D eigenvalue weighted by molar-refractivity contribution is 0.215. The molecule has 2 rings (SSSR count). The summed E-state index contributed by atoms with van der Waals surface area (Å²) in [5, 5.41) is 3.21. The van der Waals surface area contributed by atoms with E-state index in [1.807, 2.05) is 0 Å². The molecule has 0 unspecified atom stereocenters. The molecular formula is C13H8Br2ClNO2. The van der Waals surface area contributed by atoms with E-state index in [1.54, 1.807) is 42.5 Å². The summed E-state index contributed by atoms with van der Waals surface area (Å²) in [6.45, 7) is 0. The highest BCUT2D eigenvalue weighted by atomic mass is 79.9. The number of hydrogen-bond donors (Lipinski definition) is 1. The zero-order chi connectivity index (χ0) is 13.8. The van der Waals surface area contributed by atoms with E-state index in [2.05, 4.69) is 37.2 Å². The lowest BCUT2D eigenvalue weighted by Gasteiger charge is -2.08. The van der Waals surface area contributed by atoms with Gasteiger partial charge in [0.1, 0.15) is 5.75 Å². The van der Waals surface area contributed by atoms with E-state index < -0.39 is 6.09 Å². The molecule has 19 heavy (non-hydrogen) atoms. The van der Waals surface area contributed by atoms with Gasteiger partial charge in [0.2, 0.25) is 0 Å². The molecule has 0 heterocycles. The molecule has 0 spiro atoms. The Kier molecular flexibility index (Phi) is 4.85. The third-order valence-electron chi connectivity index (χ3n) is 2.19. The first-order valence-corrected chi connectivity index (χ1v) is 7.20. The molecule has 2 aromatic rings. The minimum Gasteiger partial charge on any atom is -0.409 e. The van der Waals surface area contributed by atoms with Crippen molar-refractivity contribution >= 4 is 55.2 Å². The van der Waals surface area contributed by atoms with Crippen LogP contribution in [0, 0.1) is 0 Å². The quantitative estimate of drug-likeness (QED) is 0.719. The van der Waals surface area contributed by atoms with Gasteiger partial charge in [-0.3, -0.25) is 5.32 Å². The molecule has 0 bridgehead atoms. The van der Waals surface area contributed by atoms with Crippen LogP contribution in [0.1, 0.15) is 0 Å². The number of benzene rings is 2. The molecule has 0 aliphatic rings. The van der Waals surface area contributed by atoms with E-state index in [0.29, 0.717) is 20.9 Å². The van der Waals surface area contributed by atoms with E-state index in [0.717, 1.165) is 4.47 Å². The highest BCUT2D eigenvalue weighted by Gasteiger charge is 2.08. The van der Waals surface area contributed by atoms with Crippen LogP contribution in [0.5, 0.6) is 5.75 Å². The standard InChI is InChI=1S/C13H8Br2ClNO2/c14-8-1-6-12(11(15)7-8)19-13(18)17-10-4-2-9(16)3-5-10/h1-7H,(H,17,18). The molecule has 0 radical (unpaired) electrons. The van der Waals surface area contributed by atoms with Crippen molar-refractivity contribution in [3.05, 3.63) is 56.4 Å². The largest absolute Gasteiger partial charge is 0.417 e. The van der Waals surface area contributed by atoms with Crippen molar-refractivity contribution in [2.24, 2.45) is 0 Å². The molecule has 0 aromatic heterocycles. The fourth-order valence-corrected chi connectivity index (χ4v) is 2.59. The SMILES string of the molecule is O=C(Nc1ccc(Cl)cc1)Oc1ccc(Br)cc1Br. The van der Waals surface area contributed by atoms with Crippen molar-refractivity contribution in [1.29, 1.82) is 0 Å². The van der Waals surface area contributed by atoms with Crippen LogP contribution in [-0.2, 0) is 0 Å². The molecule has 6 heteroatoms. The number of halogens is 3. The van der Waals surface area contributed by atoms with Gasteiger partial charge < -0.3 is 4.74 Å². The summed E-state index contributed by atoms with van der Waals surface area (Å²) in [6, 6.07) is 12.0. The third-order valence-corrected chi connectivity index (χ3v) is 3.55. The summed E-state index contributed by atoms with van der Waals surface area (Å²) in [6.07, 6.45) is -0.564. The van der Waals surface area contributed by atoms with Crippen LogP contribution >= 0.6 is 43.5 Å². The smallest absolute Gasteiger partial charge is 0.409 e. The first kappa shape index (κ1) is 14.4. The molecule has 0 saturated carbocycles. The highest BCUT2D eigenvalue weighted by Crippen LogP contribution is 2.28. The van der Waals surface area contributed by atoms with Crippen molar-refractivity contribution in [1.82, 2.24) is 0 Å². The van der Waals surface area contributed by atoms with Gasteiger partial charge in [0.15, 0.2) is 0 Å². The van der Waals surface area contributed by atoms with Gasteiger partial charge in [-0.2, -0.15) is 0 Å². The van der Waals surface area contributed by atoms with E-state index in [9.17, 15) is 4.79 Å². The van der Waals surface area contributed by atoms with Crippen molar-refractivity contribution in [2.75, 3.05) is 5.32 Å². The van der Waals surface area contributed by atoms with Gasteiger partial charge >= 0.3 is 6.09 Å². The Morgan fingerprint density at radius 1 is 1.11 bits per heavy atom. The Morgan fingerprint density at radius 2 is 1.79 bits per heavy atom. The number of rotatable bonds is 2. The minimum absolute atomic E-state index is 0.440. The van der Waals surface area contributed by atoms with Crippen molar-refractivity contribution in [3.8, 4) is 5.75 Å². The number of carbonyl (C=O) groups is 1. The summed E-state index contributed by atoms with van der Waals surface area (Å²) < 4.78 is 6.77. The predicted molar refractivity (Wildman–Crippen MR) is 82.9 cm³/mol. The lowest BCUT2D eigenvalue weighted by atomic mass is 10.3. The van der Waals surface area contributed by atoms with Gasteiger partial charge in [-0.05, 0) is 58.4 Å². The molecular weight excluding hydrogens is 397 g/mol. The summed E-state index contributed by atoms with van der Waals surface area (Å²) in [5.41, 5.74) is 0.614. The molecule has 1 N–H and O–H groups in total. The number of anilines is 1. The molecule has 0 aliphatic heterocycles. The van der Waals surface area contributed by atoms with Crippen molar-refractivity contribution in [2.45, 2.75) is 0 Å². The second-order valence-electron chi connectivity index (χ2n) is 3.60. The normalized spacial score (nSPS) is 10.1. The zero-order valence-electron chi connectivity index (χ0n) is 9.49. The molecule has 0 saturated heterocycles. The molecule has 1 amide bonds. The number of hydrogen-bond acceptors (Lipinski definition) is 2. The van der Waals surface area contributed by atoms with E-state index in [1.165, 1.54) is 0 Å². The van der Waals surface area contributed by atoms with Crippen molar-refractivity contribution in [3.63, 3.8) is 0 Å². The number of amides is 1. The van der Waals surface area contributed by atoms with Gasteiger partial charge in [-0.25, -0.2) is 4.79 Å². The maximum atomic E-state index is 11.7. The Hall–Kier alpha value is -1.04. The Balaban J connectivity index is 2.03. The second-order valence-corrected chi connectivity index (χ2v) is 5.80. The Morgan fingerprint density at radius 3 is 2.42 bits per heavy atom. The minimum atomic E-state index is -0.564.